The van der Waals surface area contributed by atoms with E-state index in [0.29, 0.717) is 22.5 Å². The Morgan fingerprint density at radius 1 is 0.946 bits per heavy atom. The highest BCUT2D eigenvalue weighted by Crippen LogP contribution is 2.27. The summed E-state index contributed by atoms with van der Waals surface area (Å²) < 4.78 is 24.3. The molecule has 3 heterocycles. The smallest absolute Gasteiger partial charge is 0.229 e. The summed E-state index contributed by atoms with van der Waals surface area (Å²) in [6, 6.07) is 13.0. The van der Waals surface area contributed by atoms with Crippen molar-refractivity contribution in [2.24, 2.45) is 0 Å². The Hall–Kier alpha value is -3.58. The molecule has 0 unspecified atom stereocenters. The number of halogens is 1. The van der Waals surface area contributed by atoms with Crippen LogP contribution in [0.15, 0.2) is 54.9 Å². The molecular weight excluding hydrogens is 514 g/mol. The van der Waals surface area contributed by atoms with Gasteiger partial charge in [-0.2, -0.15) is 4.98 Å². The molecule has 0 radical (unpaired) electrons. The van der Waals surface area contributed by atoms with E-state index in [9.17, 15) is 8.42 Å². The lowest BCUT2D eigenvalue weighted by atomic mass is 10.2. The van der Waals surface area contributed by atoms with Crippen molar-refractivity contribution >= 4 is 62.5 Å². The van der Waals surface area contributed by atoms with E-state index in [-0.39, 0.29) is 6.54 Å². The fourth-order valence-corrected chi connectivity index (χ4v) is 4.42. The maximum Gasteiger partial charge on any atom is 0.229 e. The molecule has 0 atom stereocenters. The Labute approximate surface area is 221 Å². The van der Waals surface area contributed by atoms with Crippen LogP contribution in [0.2, 0.25) is 5.02 Å². The number of rotatable bonds is 8. The van der Waals surface area contributed by atoms with E-state index in [4.69, 9.17) is 16.6 Å². The predicted octanol–water partition coefficient (Wildman–Crippen LogP) is 2.93. The number of thiol groups is 1. The number of likely N-dealkylation sites (N-methyl/N-ethyl adjacent to an activating group) is 1. The Kier molecular flexibility index (Phi) is 7.60. The molecule has 0 bridgehead atoms. The summed E-state index contributed by atoms with van der Waals surface area (Å²) in [5.74, 6) is 1.59. The van der Waals surface area contributed by atoms with Crippen molar-refractivity contribution in [3.05, 3.63) is 65.4 Å². The lowest BCUT2D eigenvalue weighted by Crippen LogP contribution is -2.44. The second-order valence-electron chi connectivity index (χ2n) is 8.61. The van der Waals surface area contributed by atoms with Gasteiger partial charge < -0.3 is 20.4 Å². The van der Waals surface area contributed by atoms with E-state index >= 15 is 0 Å². The van der Waals surface area contributed by atoms with E-state index in [1.165, 1.54) is 6.20 Å². The molecule has 1 saturated heterocycles. The van der Waals surface area contributed by atoms with Crippen LogP contribution in [0.4, 0.5) is 29.0 Å². The number of fused-ring (bicyclic) bond motifs is 1. The fourth-order valence-electron chi connectivity index (χ4n) is 3.99. The van der Waals surface area contributed by atoms with Gasteiger partial charge in [-0.15, -0.1) is 0 Å². The fraction of sp³-hybridized carbons (Fsp3) is 0.250. The van der Waals surface area contributed by atoms with Crippen molar-refractivity contribution in [2.75, 3.05) is 48.8 Å². The lowest BCUT2D eigenvalue weighted by molar-refractivity contribution is 0.312. The number of aromatic nitrogens is 4. The van der Waals surface area contributed by atoms with Crippen LogP contribution < -0.4 is 20.3 Å². The van der Waals surface area contributed by atoms with Crippen LogP contribution in [-0.4, -0.2) is 66.5 Å². The zero-order chi connectivity index (χ0) is 25.8. The van der Waals surface area contributed by atoms with Crippen LogP contribution in [0.25, 0.3) is 11.0 Å². The largest absolute Gasteiger partial charge is 0.353 e. The number of para-hydroxylation sites is 1. The molecule has 37 heavy (non-hydrogen) atoms. The van der Waals surface area contributed by atoms with Gasteiger partial charge in [0.15, 0.2) is 5.82 Å². The van der Waals surface area contributed by atoms with Gasteiger partial charge >= 0.3 is 0 Å². The molecule has 0 spiro atoms. The molecule has 1 fully saturated rings. The monoisotopic (exact) mass is 539 g/mol. The van der Waals surface area contributed by atoms with E-state index in [1.54, 1.807) is 0 Å². The SMILES string of the molecule is CN1CCN(c2cnc3ccc(Nc4ncc(Cl)c(Nc5ccccc5CN[SH](=O)=O)n4)cc3n2)CC1. The Bertz CT molecular complexity index is 1480. The predicted molar refractivity (Wildman–Crippen MR) is 146 cm³/mol. The summed E-state index contributed by atoms with van der Waals surface area (Å²) in [5.41, 5.74) is 3.75. The molecule has 0 aliphatic carbocycles. The molecule has 13 heteroatoms. The van der Waals surface area contributed by atoms with Gasteiger partial charge in [0.25, 0.3) is 0 Å². The minimum atomic E-state index is -2.71. The third-order valence-electron chi connectivity index (χ3n) is 6.03. The first kappa shape index (κ1) is 25.1. The van der Waals surface area contributed by atoms with Crippen molar-refractivity contribution in [3.63, 3.8) is 0 Å². The summed E-state index contributed by atoms with van der Waals surface area (Å²) in [6.45, 7) is 3.95. The van der Waals surface area contributed by atoms with Crippen molar-refractivity contribution < 1.29 is 8.42 Å². The highest BCUT2D eigenvalue weighted by Gasteiger charge is 2.16. The van der Waals surface area contributed by atoms with Crippen molar-refractivity contribution in [2.45, 2.75) is 6.54 Å². The van der Waals surface area contributed by atoms with E-state index < -0.39 is 10.9 Å². The highest BCUT2D eigenvalue weighted by molar-refractivity contribution is 7.70. The molecule has 1 aliphatic heterocycles. The Morgan fingerprint density at radius 2 is 1.76 bits per heavy atom. The van der Waals surface area contributed by atoms with Crippen LogP contribution in [0.3, 0.4) is 0 Å². The number of anilines is 5. The lowest BCUT2D eigenvalue weighted by Gasteiger charge is -2.33. The number of benzene rings is 2. The normalized spacial score (nSPS) is 14.3. The molecule has 2 aromatic heterocycles. The van der Waals surface area contributed by atoms with Gasteiger partial charge in [0.1, 0.15) is 10.8 Å². The van der Waals surface area contributed by atoms with E-state index in [0.717, 1.165) is 54.3 Å². The van der Waals surface area contributed by atoms with Crippen LogP contribution in [0, 0.1) is 0 Å². The molecule has 1 aliphatic rings. The maximum atomic E-state index is 11.0. The maximum absolute atomic E-state index is 11.0. The first-order valence-electron chi connectivity index (χ1n) is 11.7. The topological polar surface area (TPSA) is 128 Å². The summed E-state index contributed by atoms with van der Waals surface area (Å²) in [4.78, 5) is 22.8. The van der Waals surface area contributed by atoms with Gasteiger partial charge in [-0.05, 0) is 36.9 Å². The van der Waals surface area contributed by atoms with Gasteiger partial charge in [0.2, 0.25) is 16.8 Å². The molecule has 2 aromatic carbocycles. The number of piperazine rings is 1. The van der Waals surface area contributed by atoms with E-state index in [1.807, 2.05) is 48.7 Å². The van der Waals surface area contributed by atoms with Crippen molar-refractivity contribution in [1.82, 2.24) is 29.6 Å². The van der Waals surface area contributed by atoms with Gasteiger partial charge in [-0.25, -0.2) is 23.1 Å². The average Bonchev–Trinajstić information content (AvgIpc) is 2.90. The van der Waals surface area contributed by atoms with Gasteiger partial charge in [0.05, 0.1) is 23.4 Å². The first-order chi connectivity index (χ1) is 17.9. The first-order valence-corrected chi connectivity index (χ1v) is 13.2. The third kappa shape index (κ3) is 6.23. The molecule has 0 saturated carbocycles. The average molecular weight is 540 g/mol. The Balaban J connectivity index is 1.35. The van der Waals surface area contributed by atoms with Crippen molar-refractivity contribution in [1.29, 1.82) is 0 Å². The second kappa shape index (κ2) is 11.2. The molecule has 11 nitrogen and oxygen atoms in total. The molecular formula is C24H26ClN9O2S. The molecule has 0 amide bonds. The quantitative estimate of drug-likeness (QED) is 0.248. The summed E-state index contributed by atoms with van der Waals surface area (Å²) in [6.07, 6.45) is 3.32. The van der Waals surface area contributed by atoms with Crippen LogP contribution in [0.1, 0.15) is 5.56 Å². The number of nitrogens with zero attached hydrogens (tertiary/aromatic N) is 6. The Morgan fingerprint density at radius 3 is 2.57 bits per heavy atom. The minimum absolute atomic E-state index is 0.143. The third-order valence-corrected chi connectivity index (χ3v) is 6.72. The summed E-state index contributed by atoms with van der Waals surface area (Å²) >= 11 is 6.35. The molecule has 5 rings (SSSR count). The standard InChI is InChI=1S/C24H26ClN9O2S/c1-33-8-10-34(11-9-33)22-15-26-20-7-6-17(12-21(20)30-22)29-24-27-14-18(25)23(32-24)31-19-5-3-2-4-16(19)13-28-37(35)36/h2-7,12,14-15,37H,8-11,13H2,1H3,(H,28,35,36)(H2,27,29,31,32). The zero-order valence-corrected chi connectivity index (χ0v) is 21.7. The van der Waals surface area contributed by atoms with Crippen molar-refractivity contribution in [3.8, 4) is 0 Å². The van der Waals surface area contributed by atoms with Gasteiger partial charge in [0, 0.05) is 44.1 Å². The van der Waals surface area contributed by atoms with Gasteiger partial charge in [-0.3, -0.25) is 4.98 Å². The zero-order valence-electron chi connectivity index (χ0n) is 20.1. The number of hydrogen-bond acceptors (Lipinski definition) is 10. The van der Waals surface area contributed by atoms with Gasteiger partial charge in [-0.1, -0.05) is 29.8 Å². The molecule has 4 aromatic rings. The van der Waals surface area contributed by atoms with Crippen LogP contribution in [-0.2, 0) is 17.4 Å². The number of nitrogens with one attached hydrogen (secondary N) is 3. The minimum Gasteiger partial charge on any atom is -0.353 e. The summed E-state index contributed by atoms with van der Waals surface area (Å²) in [7, 11) is -0.589. The second-order valence-corrected chi connectivity index (χ2v) is 9.85. The van der Waals surface area contributed by atoms with E-state index in [2.05, 4.69) is 47.2 Å². The molecule has 3 N–H and O–H groups in total. The highest BCUT2D eigenvalue weighted by atomic mass is 35.5. The van der Waals surface area contributed by atoms with Crippen LogP contribution >= 0.6 is 11.6 Å². The molecule has 192 valence electrons. The number of hydrogen-bond donors (Lipinski definition) is 4. The van der Waals surface area contributed by atoms with Crippen LogP contribution in [0.5, 0.6) is 0 Å². The summed E-state index contributed by atoms with van der Waals surface area (Å²) in [5, 5.41) is 6.71.